The van der Waals surface area contributed by atoms with Crippen LogP contribution >= 0.6 is 0 Å². The number of para-hydroxylation sites is 3. The molecular weight excluding hydrogens is 302 g/mol. The molecule has 0 amide bonds. The average Bonchev–Trinajstić information content (AvgIpc) is 3.20. The van der Waals surface area contributed by atoms with Gasteiger partial charge in [0.05, 0.1) is 28.8 Å². The van der Waals surface area contributed by atoms with Gasteiger partial charge in [0.1, 0.15) is 12.4 Å². The van der Waals surface area contributed by atoms with Crippen LogP contribution in [0.5, 0.6) is 0 Å². The molecule has 0 saturated carbocycles. The second-order valence-corrected chi connectivity index (χ2v) is 5.53. The number of carbonyl (C=O) groups excluding carboxylic acids is 1. The van der Waals surface area contributed by atoms with Crippen molar-refractivity contribution >= 4 is 27.7 Å². The molecule has 2 aromatic heterocycles. The first kappa shape index (κ1) is 14.2. The number of nitriles is 1. The van der Waals surface area contributed by atoms with Crippen molar-refractivity contribution in [2.24, 2.45) is 0 Å². The lowest BCUT2D eigenvalue weighted by Crippen LogP contribution is -2.19. The fourth-order valence-corrected chi connectivity index (χ4v) is 2.79. The zero-order valence-corrected chi connectivity index (χ0v) is 12.7. The van der Waals surface area contributed by atoms with Crippen molar-refractivity contribution in [2.75, 3.05) is 0 Å². The first-order valence-corrected chi connectivity index (χ1v) is 7.54. The molecule has 24 heavy (non-hydrogen) atoms. The van der Waals surface area contributed by atoms with E-state index in [1.165, 1.54) is 0 Å². The first-order valence-electron chi connectivity index (χ1n) is 7.54. The lowest BCUT2D eigenvalue weighted by Gasteiger charge is -2.06. The topological polar surface area (TPSA) is 87.4 Å². The van der Waals surface area contributed by atoms with E-state index in [0.29, 0.717) is 5.82 Å². The van der Waals surface area contributed by atoms with Gasteiger partial charge in [0.2, 0.25) is 0 Å². The Morgan fingerprint density at radius 1 is 1.21 bits per heavy atom. The van der Waals surface area contributed by atoms with Crippen molar-refractivity contribution in [1.29, 1.82) is 5.26 Å². The van der Waals surface area contributed by atoms with E-state index in [4.69, 9.17) is 0 Å². The Morgan fingerprint density at radius 3 is 2.83 bits per heavy atom. The number of nitrogens with zero attached hydrogens (tertiary/aromatic N) is 4. The third kappa shape index (κ3) is 2.32. The van der Waals surface area contributed by atoms with Crippen LogP contribution in [0.2, 0.25) is 0 Å². The molecule has 0 aliphatic carbocycles. The first-order chi connectivity index (χ1) is 11.8. The summed E-state index contributed by atoms with van der Waals surface area (Å²) in [5.74, 6) is -0.814. The number of Topliss-reactive ketones (excluding diaryl/α,β-unsaturated/α-hetero) is 1. The third-order valence-corrected chi connectivity index (χ3v) is 3.99. The smallest absolute Gasteiger partial charge is 0.179 e. The Kier molecular flexibility index (Phi) is 3.32. The van der Waals surface area contributed by atoms with E-state index in [9.17, 15) is 10.1 Å². The number of aromatic nitrogens is 4. The van der Waals surface area contributed by atoms with Crippen molar-refractivity contribution < 1.29 is 4.79 Å². The van der Waals surface area contributed by atoms with Crippen LogP contribution in [0.15, 0.2) is 54.7 Å². The van der Waals surface area contributed by atoms with Gasteiger partial charge in [0, 0.05) is 5.39 Å². The molecule has 0 unspecified atom stereocenters. The molecule has 0 fully saturated rings. The lowest BCUT2D eigenvalue weighted by molar-refractivity contribution is -0.120. The van der Waals surface area contributed by atoms with E-state index in [0.717, 1.165) is 21.9 Å². The van der Waals surface area contributed by atoms with Gasteiger partial charge < -0.3 is 4.98 Å². The molecule has 1 atom stereocenters. The number of benzene rings is 2. The molecule has 2 aromatic carbocycles. The van der Waals surface area contributed by atoms with Gasteiger partial charge in [-0.1, -0.05) is 30.3 Å². The fourth-order valence-electron chi connectivity index (χ4n) is 2.79. The molecule has 0 saturated heterocycles. The lowest BCUT2D eigenvalue weighted by atomic mass is 10.1. The maximum Gasteiger partial charge on any atom is 0.179 e. The van der Waals surface area contributed by atoms with E-state index in [-0.39, 0.29) is 12.3 Å². The number of hydrogen-bond acceptors (Lipinski definition) is 4. The molecule has 0 aliphatic heterocycles. The van der Waals surface area contributed by atoms with Crippen LogP contribution in [0.1, 0.15) is 11.7 Å². The number of rotatable bonds is 4. The highest BCUT2D eigenvalue weighted by Gasteiger charge is 2.24. The van der Waals surface area contributed by atoms with Gasteiger partial charge in [-0.25, -0.2) is 4.98 Å². The molecule has 0 bridgehead atoms. The zero-order valence-electron chi connectivity index (χ0n) is 12.7. The number of fused-ring (bicyclic) bond motifs is 2. The summed E-state index contributed by atoms with van der Waals surface area (Å²) >= 11 is 0. The minimum atomic E-state index is -0.944. The van der Waals surface area contributed by atoms with Crippen molar-refractivity contribution in [3.05, 3.63) is 60.6 Å². The van der Waals surface area contributed by atoms with Crippen LogP contribution < -0.4 is 0 Å². The Hall–Kier alpha value is -3.46. The second kappa shape index (κ2) is 5.63. The molecule has 0 aliphatic rings. The summed E-state index contributed by atoms with van der Waals surface area (Å²) in [5.41, 5.74) is 2.42. The number of carbonyl (C=O) groups is 1. The summed E-state index contributed by atoms with van der Waals surface area (Å²) < 4.78 is 1.62. The van der Waals surface area contributed by atoms with Crippen LogP contribution in [0.3, 0.4) is 0 Å². The van der Waals surface area contributed by atoms with Gasteiger partial charge in [0.25, 0.3) is 0 Å². The molecular formula is C18H13N5O. The molecule has 4 rings (SSSR count). The molecule has 6 nitrogen and oxygen atoms in total. The van der Waals surface area contributed by atoms with Crippen LogP contribution in [0.25, 0.3) is 21.9 Å². The highest BCUT2D eigenvalue weighted by Crippen LogP contribution is 2.20. The Labute approximate surface area is 137 Å². The summed E-state index contributed by atoms with van der Waals surface area (Å²) in [5, 5.41) is 14.7. The van der Waals surface area contributed by atoms with E-state index in [2.05, 4.69) is 21.1 Å². The molecule has 1 N–H and O–H groups in total. The minimum Gasteiger partial charge on any atom is -0.340 e. The van der Waals surface area contributed by atoms with Crippen molar-refractivity contribution in [3.8, 4) is 6.07 Å². The van der Waals surface area contributed by atoms with Gasteiger partial charge in [-0.05, 0) is 18.2 Å². The largest absolute Gasteiger partial charge is 0.340 e. The maximum absolute atomic E-state index is 12.6. The van der Waals surface area contributed by atoms with Gasteiger partial charge in [-0.2, -0.15) is 10.4 Å². The number of hydrogen-bond donors (Lipinski definition) is 1. The molecule has 0 spiro atoms. The van der Waals surface area contributed by atoms with Gasteiger partial charge in [0.15, 0.2) is 11.7 Å². The minimum absolute atomic E-state index is 0.0305. The predicted molar refractivity (Wildman–Crippen MR) is 89.2 cm³/mol. The van der Waals surface area contributed by atoms with Gasteiger partial charge in [-0.15, -0.1) is 0 Å². The highest BCUT2D eigenvalue weighted by atomic mass is 16.1. The highest BCUT2D eigenvalue weighted by molar-refractivity contribution is 5.90. The molecule has 0 radical (unpaired) electrons. The van der Waals surface area contributed by atoms with E-state index < -0.39 is 5.92 Å². The predicted octanol–water partition coefficient (Wildman–Crippen LogP) is 2.79. The van der Waals surface area contributed by atoms with E-state index >= 15 is 0 Å². The Balaban J connectivity index is 1.65. The summed E-state index contributed by atoms with van der Waals surface area (Å²) in [6.07, 6.45) is 1.71. The van der Waals surface area contributed by atoms with E-state index in [1.54, 1.807) is 10.9 Å². The second-order valence-electron chi connectivity index (χ2n) is 5.53. The Morgan fingerprint density at radius 2 is 2.00 bits per heavy atom. The molecule has 6 heteroatoms. The number of imidazole rings is 1. The number of H-pyrrole nitrogens is 1. The number of nitrogens with one attached hydrogen (secondary N) is 1. The Bertz CT molecular complexity index is 1050. The molecule has 4 aromatic rings. The van der Waals surface area contributed by atoms with Crippen molar-refractivity contribution in [1.82, 2.24) is 19.7 Å². The zero-order chi connectivity index (χ0) is 16.5. The number of ketones is 1. The fraction of sp³-hybridized carbons (Fsp3) is 0.111. The molecule has 2 heterocycles. The van der Waals surface area contributed by atoms with Crippen LogP contribution in [-0.4, -0.2) is 25.5 Å². The number of aromatic amines is 1. The molecule has 116 valence electrons. The summed E-state index contributed by atoms with van der Waals surface area (Å²) in [6.45, 7) is 0.0305. The van der Waals surface area contributed by atoms with Crippen molar-refractivity contribution in [2.45, 2.75) is 12.5 Å². The summed E-state index contributed by atoms with van der Waals surface area (Å²) in [7, 11) is 0. The van der Waals surface area contributed by atoms with Crippen LogP contribution in [0.4, 0.5) is 0 Å². The normalized spacial score (nSPS) is 12.3. The quantitative estimate of drug-likeness (QED) is 0.627. The monoisotopic (exact) mass is 315 g/mol. The van der Waals surface area contributed by atoms with Crippen LogP contribution in [-0.2, 0) is 11.3 Å². The van der Waals surface area contributed by atoms with E-state index in [1.807, 2.05) is 48.5 Å². The van der Waals surface area contributed by atoms with Crippen LogP contribution in [0, 0.1) is 11.3 Å². The maximum atomic E-state index is 12.6. The average molecular weight is 315 g/mol. The SMILES string of the molecule is N#C[C@@H](C(=O)Cn1ncc2ccccc21)c1nc2ccccc2[nH]1. The third-order valence-electron chi connectivity index (χ3n) is 3.99. The van der Waals surface area contributed by atoms with Gasteiger partial charge >= 0.3 is 0 Å². The summed E-state index contributed by atoms with van der Waals surface area (Å²) in [4.78, 5) is 20.0. The summed E-state index contributed by atoms with van der Waals surface area (Å²) in [6, 6.07) is 17.2. The standard InChI is InChI=1S/C18H13N5O/c19-9-13(18-21-14-6-2-3-7-15(14)22-18)17(24)11-23-16-8-4-1-5-12(16)10-20-23/h1-8,10,13H,11H2,(H,21,22)/t13-/m0/s1. The van der Waals surface area contributed by atoms with Gasteiger partial charge in [-0.3, -0.25) is 9.48 Å². The van der Waals surface area contributed by atoms with Crippen molar-refractivity contribution in [3.63, 3.8) is 0 Å².